The first-order chi connectivity index (χ1) is 14.2. The molecule has 0 bridgehead atoms. The van der Waals surface area contributed by atoms with E-state index in [1.54, 1.807) is 6.07 Å². The maximum absolute atomic E-state index is 12.5. The molecule has 0 radical (unpaired) electrons. The van der Waals surface area contributed by atoms with Crippen LogP contribution in [0.2, 0.25) is 0 Å². The lowest BCUT2D eigenvalue weighted by atomic mass is 10.1. The molecule has 1 N–H and O–H groups in total. The smallest absolute Gasteiger partial charge is 0.258 e. The molecule has 6 nitrogen and oxygen atoms in total. The zero-order valence-electron chi connectivity index (χ0n) is 16.6. The number of aromatic amines is 1. The summed E-state index contributed by atoms with van der Waals surface area (Å²) in [5.41, 5.74) is 0.642. The van der Waals surface area contributed by atoms with Gasteiger partial charge in [0, 0.05) is 43.6 Å². The second kappa shape index (κ2) is 10.00. The number of hydrogen-bond acceptors (Lipinski definition) is 6. The molecule has 29 heavy (non-hydrogen) atoms. The number of fused-ring (bicyclic) bond motifs is 1. The van der Waals surface area contributed by atoms with Crippen LogP contribution in [0.1, 0.15) is 37.9 Å². The standard InChI is InChI=1S/C21H28N4O2S2/c26-20(8-4-1-5-16-9-14-28-29-16)25-12-10-24(11-13-25)15-19-22-18-7-3-2-6-17(18)21(27)23-19/h2-3,6-7,16H,1,4-5,8-15H2,(H,22,23,27)/t16-/m1/s1. The number of rotatable bonds is 7. The summed E-state index contributed by atoms with van der Waals surface area (Å²) in [6, 6.07) is 7.41. The summed E-state index contributed by atoms with van der Waals surface area (Å²) < 4.78 is 0. The Kier molecular flexibility index (Phi) is 7.15. The van der Waals surface area contributed by atoms with Crippen LogP contribution >= 0.6 is 21.6 Å². The normalized spacial score (nSPS) is 20.4. The van der Waals surface area contributed by atoms with Crippen molar-refractivity contribution >= 4 is 38.4 Å². The van der Waals surface area contributed by atoms with Gasteiger partial charge >= 0.3 is 0 Å². The molecule has 1 aromatic heterocycles. The van der Waals surface area contributed by atoms with E-state index in [0.717, 1.165) is 49.8 Å². The molecule has 0 spiro atoms. The third kappa shape index (κ3) is 5.55. The van der Waals surface area contributed by atoms with Crippen LogP contribution in [0, 0.1) is 0 Å². The van der Waals surface area contributed by atoms with Crippen LogP contribution in [0.15, 0.2) is 29.1 Å². The van der Waals surface area contributed by atoms with Crippen molar-refractivity contribution in [1.82, 2.24) is 19.8 Å². The van der Waals surface area contributed by atoms with Crippen molar-refractivity contribution in [2.75, 3.05) is 31.9 Å². The van der Waals surface area contributed by atoms with E-state index in [9.17, 15) is 9.59 Å². The molecule has 4 rings (SSSR count). The number of hydrogen-bond donors (Lipinski definition) is 1. The summed E-state index contributed by atoms with van der Waals surface area (Å²) in [5, 5.41) is 1.42. The van der Waals surface area contributed by atoms with Crippen molar-refractivity contribution in [2.24, 2.45) is 0 Å². The zero-order chi connectivity index (χ0) is 20.1. The maximum Gasteiger partial charge on any atom is 0.258 e. The lowest BCUT2D eigenvalue weighted by Crippen LogP contribution is -2.48. The minimum Gasteiger partial charge on any atom is -0.340 e. The molecular formula is C21H28N4O2S2. The molecule has 1 aromatic carbocycles. The van der Waals surface area contributed by atoms with E-state index >= 15 is 0 Å². The Labute approximate surface area is 179 Å². The Bertz CT molecular complexity index is 890. The van der Waals surface area contributed by atoms with Crippen molar-refractivity contribution in [3.05, 3.63) is 40.4 Å². The van der Waals surface area contributed by atoms with E-state index in [0.29, 0.717) is 24.2 Å². The number of nitrogens with one attached hydrogen (secondary N) is 1. The first-order valence-corrected chi connectivity index (χ1v) is 12.8. The van der Waals surface area contributed by atoms with Gasteiger partial charge in [-0.05, 0) is 31.4 Å². The van der Waals surface area contributed by atoms with Crippen LogP contribution < -0.4 is 5.56 Å². The van der Waals surface area contributed by atoms with E-state index in [1.165, 1.54) is 18.6 Å². The highest BCUT2D eigenvalue weighted by Crippen LogP contribution is 2.39. The molecule has 1 amide bonds. The Morgan fingerprint density at radius 2 is 2.00 bits per heavy atom. The molecule has 8 heteroatoms. The highest BCUT2D eigenvalue weighted by molar-refractivity contribution is 8.77. The van der Waals surface area contributed by atoms with E-state index < -0.39 is 0 Å². The Morgan fingerprint density at radius 3 is 2.79 bits per heavy atom. The van der Waals surface area contributed by atoms with Crippen LogP contribution in [-0.4, -0.2) is 62.9 Å². The largest absolute Gasteiger partial charge is 0.340 e. The van der Waals surface area contributed by atoms with E-state index in [-0.39, 0.29) is 11.5 Å². The Balaban J connectivity index is 1.21. The molecule has 2 aromatic rings. The lowest BCUT2D eigenvalue weighted by Gasteiger charge is -2.34. The van der Waals surface area contributed by atoms with Gasteiger partial charge < -0.3 is 9.88 Å². The minimum absolute atomic E-state index is 0.0889. The number of carbonyl (C=O) groups is 1. The van der Waals surface area contributed by atoms with Crippen LogP contribution in [0.3, 0.4) is 0 Å². The number of H-pyrrole nitrogens is 1. The van der Waals surface area contributed by atoms with E-state index in [1.807, 2.05) is 44.7 Å². The van der Waals surface area contributed by atoms with Gasteiger partial charge in [0.05, 0.1) is 17.4 Å². The topological polar surface area (TPSA) is 69.3 Å². The Hall–Kier alpha value is -1.51. The maximum atomic E-state index is 12.5. The summed E-state index contributed by atoms with van der Waals surface area (Å²) >= 11 is 0. The number of aromatic nitrogens is 2. The number of piperazine rings is 1. The van der Waals surface area contributed by atoms with Gasteiger partial charge in [-0.25, -0.2) is 4.98 Å². The van der Waals surface area contributed by atoms with Crippen LogP contribution in [0.25, 0.3) is 10.9 Å². The van der Waals surface area contributed by atoms with Gasteiger partial charge in [0.25, 0.3) is 5.56 Å². The first-order valence-electron chi connectivity index (χ1n) is 10.5. The molecule has 2 fully saturated rings. The minimum atomic E-state index is -0.0889. The number of benzene rings is 1. The average Bonchev–Trinajstić information content (AvgIpc) is 3.25. The van der Waals surface area contributed by atoms with Gasteiger partial charge in [0.1, 0.15) is 5.82 Å². The predicted molar refractivity (Wildman–Crippen MR) is 121 cm³/mol. The summed E-state index contributed by atoms with van der Waals surface area (Å²) in [6.45, 7) is 3.76. The van der Waals surface area contributed by atoms with Gasteiger partial charge in [-0.2, -0.15) is 0 Å². The summed E-state index contributed by atoms with van der Waals surface area (Å²) in [6.07, 6.45) is 5.40. The van der Waals surface area contributed by atoms with Crippen molar-refractivity contribution in [3.8, 4) is 0 Å². The third-order valence-corrected chi connectivity index (χ3v) is 8.66. The van der Waals surface area contributed by atoms with E-state index in [2.05, 4.69) is 14.9 Å². The number of carbonyl (C=O) groups excluding carboxylic acids is 1. The fourth-order valence-electron chi connectivity index (χ4n) is 3.95. The van der Waals surface area contributed by atoms with Gasteiger partial charge in [-0.15, -0.1) is 0 Å². The molecule has 0 unspecified atom stereocenters. The van der Waals surface area contributed by atoms with Crippen molar-refractivity contribution < 1.29 is 4.79 Å². The fourth-order valence-corrected chi connectivity index (χ4v) is 6.98. The van der Waals surface area contributed by atoms with Crippen LogP contribution in [-0.2, 0) is 11.3 Å². The number of amides is 1. The monoisotopic (exact) mass is 432 g/mol. The van der Waals surface area contributed by atoms with Crippen LogP contribution in [0.5, 0.6) is 0 Å². The fraction of sp³-hybridized carbons (Fsp3) is 0.571. The second-order valence-corrected chi connectivity index (χ2v) is 10.5. The molecule has 3 heterocycles. The van der Waals surface area contributed by atoms with E-state index in [4.69, 9.17) is 0 Å². The third-order valence-electron chi connectivity index (χ3n) is 5.65. The summed E-state index contributed by atoms with van der Waals surface area (Å²) in [7, 11) is 4.00. The molecule has 2 saturated heterocycles. The summed E-state index contributed by atoms with van der Waals surface area (Å²) in [4.78, 5) is 36.4. The summed E-state index contributed by atoms with van der Waals surface area (Å²) in [5.74, 6) is 2.26. The molecule has 156 valence electrons. The number of unbranched alkanes of at least 4 members (excludes halogenated alkanes) is 1. The Morgan fingerprint density at radius 1 is 1.17 bits per heavy atom. The highest BCUT2D eigenvalue weighted by Gasteiger charge is 2.22. The van der Waals surface area contributed by atoms with Crippen molar-refractivity contribution in [2.45, 2.75) is 43.9 Å². The van der Waals surface area contributed by atoms with Gasteiger partial charge in [-0.3, -0.25) is 14.5 Å². The molecule has 0 saturated carbocycles. The first kappa shape index (κ1) is 20.8. The van der Waals surface area contributed by atoms with Gasteiger partial charge in [0.15, 0.2) is 0 Å². The quantitative estimate of drug-likeness (QED) is 0.535. The van der Waals surface area contributed by atoms with Crippen molar-refractivity contribution in [1.29, 1.82) is 0 Å². The molecule has 1 atom stereocenters. The number of nitrogens with zero attached hydrogens (tertiary/aromatic N) is 3. The average molecular weight is 433 g/mol. The van der Waals surface area contributed by atoms with Crippen LogP contribution in [0.4, 0.5) is 0 Å². The number of para-hydroxylation sites is 1. The van der Waals surface area contributed by atoms with Gasteiger partial charge in [-0.1, -0.05) is 40.1 Å². The second-order valence-electron chi connectivity index (χ2n) is 7.76. The molecule has 0 aliphatic carbocycles. The van der Waals surface area contributed by atoms with Crippen molar-refractivity contribution in [3.63, 3.8) is 0 Å². The van der Waals surface area contributed by atoms with Gasteiger partial charge in [0.2, 0.25) is 5.91 Å². The SMILES string of the molecule is O=C(CCCC[C@@H]1CCSS1)N1CCN(Cc2nc3ccccc3c(=O)[nH]2)CC1. The molecule has 2 aliphatic heterocycles. The molecular weight excluding hydrogens is 404 g/mol. The molecule has 2 aliphatic rings. The predicted octanol–water partition coefficient (Wildman–Crippen LogP) is 3.28. The highest BCUT2D eigenvalue weighted by atomic mass is 33.1. The lowest BCUT2D eigenvalue weighted by molar-refractivity contribution is -0.133. The zero-order valence-corrected chi connectivity index (χ0v) is 18.3.